The summed E-state index contributed by atoms with van der Waals surface area (Å²) in [7, 11) is 5.55. The number of nitrogens with one attached hydrogen (secondary N) is 2. The van der Waals surface area contributed by atoms with E-state index >= 15 is 0 Å². The Morgan fingerprint density at radius 3 is 2.71 bits per heavy atom. The Kier molecular flexibility index (Phi) is 8.71. The minimum absolute atomic E-state index is 0. The van der Waals surface area contributed by atoms with Gasteiger partial charge in [0, 0.05) is 24.7 Å². The van der Waals surface area contributed by atoms with Crippen molar-refractivity contribution in [1.29, 1.82) is 0 Å². The lowest BCUT2D eigenvalue weighted by Crippen LogP contribution is -3.00. The van der Waals surface area contributed by atoms with E-state index in [9.17, 15) is 4.79 Å². The van der Waals surface area contributed by atoms with Gasteiger partial charge in [0.25, 0.3) is 5.91 Å². The van der Waals surface area contributed by atoms with E-state index in [0.717, 1.165) is 28.9 Å². The van der Waals surface area contributed by atoms with Crippen LogP contribution >= 0.6 is 0 Å². The molecule has 2 aromatic heterocycles. The van der Waals surface area contributed by atoms with Gasteiger partial charge in [-0.3, -0.25) is 10.2 Å². The number of anilines is 1. The molecule has 4 rings (SSSR count). The van der Waals surface area contributed by atoms with Crippen molar-refractivity contribution in [2.24, 2.45) is 5.10 Å². The van der Waals surface area contributed by atoms with Crippen LogP contribution in [0.4, 0.5) is 5.82 Å². The van der Waals surface area contributed by atoms with Crippen LogP contribution in [-0.2, 0) is 0 Å². The van der Waals surface area contributed by atoms with E-state index in [-0.39, 0.29) is 18.3 Å². The molecule has 0 fully saturated rings. The largest absolute Gasteiger partial charge is 1.00 e. The SMILES string of the molecule is COc1cccc(-n2ncc3c(N/N=C/c4ccc(C(=O)NCCN(C)C)cc4)ncnc32)c1.[Cl-]. The summed E-state index contributed by atoms with van der Waals surface area (Å²) in [5.74, 6) is 1.17. The van der Waals surface area contributed by atoms with Gasteiger partial charge in [0.1, 0.15) is 12.1 Å². The van der Waals surface area contributed by atoms with E-state index in [1.165, 1.54) is 6.33 Å². The zero-order valence-corrected chi connectivity index (χ0v) is 20.4. The summed E-state index contributed by atoms with van der Waals surface area (Å²) in [5, 5.41) is 12.4. The predicted octanol–water partition coefficient (Wildman–Crippen LogP) is -0.434. The zero-order chi connectivity index (χ0) is 23.9. The van der Waals surface area contributed by atoms with Gasteiger partial charge in [0.2, 0.25) is 0 Å². The van der Waals surface area contributed by atoms with Gasteiger partial charge in [0.05, 0.1) is 30.6 Å². The summed E-state index contributed by atoms with van der Waals surface area (Å²) in [5.41, 5.74) is 5.87. The van der Waals surface area contributed by atoms with Gasteiger partial charge in [-0.15, -0.1) is 0 Å². The van der Waals surface area contributed by atoms with Crippen LogP contribution in [0.5, 0.6) is 5.75 Å². The van der Waals surface area contributed by atoms with Crippen LogP contribution in [0.3, 0.4) is 0 Å². The van der Waals surface area contributed by atoms with E-state index in [1.807, 2.05) is 55.4 Å². The maximum absolute atomic E-state index is 12.2. The number of benzene rings is 2. The highest BCUT2D eigenvalue weighted by molar-refractivity contribution is 5.95. The molecule has 0 spiro atoms. The summed E-state index contributed by atoms with van der Waals surface area (Å²) >= 11 is 0. The molecule has 0 aliphatic rings. The number of amides is 1. The van der Waals surface area contributed by atoms with Crippen LogP contribution in [0, 0.1) is 0 Å². The number of rotatable bonds is 9. The molecule has 0 saturated carbocycles. The molecule has 0 aliphatic heterocycles. The molecule has 2 aromatic carbocycles. The molecule has 2 heterocycles. The van der Waals surface area contributed by atoms with Crippen LogP contribution in [0.15, 0.2) is 66.2 Å². The van der Waals surface area contributed by atoms with Crippen molar-refractivity contribution < 1.29 is 21.9 Å². The van der Waals surface area contributed by atoms with Gasteiger partial charge in [0.15, 0.2) is 11.5 Å². The van der Waals surface area contributed by atoms with Crippen molar-refractivity contribution in [3.8, 4) is 11.4 Å². The average Bonchev–Trinajstić information content (AvgIpc) is 3.29. The molecule has 0 unspecified atom stereocenters. The first-order chi connectivity index (χ1) is 16.5. The second kappa shape index (κ2) is 11.9. The summed E-state index contributed by atoms with van der Waals surface area (Å²) < 4.78 is 7.02. The molecule has 11 heteroatoms. The number of methoxy groups -OCH3 is 1. The summed E-state index contributed by atoms with van der Waals surface area (Å²) in [6.07, 6.45) is 4.81. The Hall–Kier alpha value is -4.02. The Balaban J connectivity index is 0.00000342. The minimum atomic E-state index is -0.0973. The fraction of sp³-hybridized carbons (Fsp3) is 0.208. The first kappa shape index (κ1) is 25.6. The third-order valence-electron chi connectivity index (χ3n) is 5.07. The molecule has 0 saturated heterocycles. The molecular weight excluding hydrogens is 468 g/mol. The quantitative estimate of drug-likeness (QED) is 0.240. The molecule has 0 bridgehead atoms. The van der Waals surface area contributed by atoms with Gasteiger partial charge < -0.3 is 27.4 Å². The standard InChI is InChI=1S/C24H26N8O2.ClH/c1-31(2)12-11-25-24(33)18-9-7-17(8-10-18)14-28-30-22-21-15-29-32(23(21)27-16-26-22)19-5-4-6-20(13-19)34-3;/h4-10,13-16H,11-12H2,1-3H3,(H,25,33)(H,26,27,30);1H/p-1/b28-14+;. The van der Waals surface area contributed by atoms with Crippen LogP contribution in [0.1, 0.15) is 15.9 Å². The minimum Gasteiger partial charge on any atom is -1.00 e. The number of fused-ring (bicyclic) bond motifs is 1. The first-order valence-corrected chi connectivity index (χ1v) is 10.7. The second-order valence-corrected chi connectivity index (χ2v) is 7.77. The number of hydrogen-bond donors (Lipinski definition) is 2. The number of nitrogens with zero attached hydrogens (tertiary/aromatic N) is 6. The number of hydrazone groups is 1. The highest BCUT2D eigenvalue weighted by Gasteiger charge is 2.11. The Morgan fingerprint density at radius 2 is 1.97 bits per heavy atom. The molecule has 4 aromatic rings. The van der Waals surface area contributed by atoms with Crippen molar-refractivity contribution in [3.05, 3.63) is 72.2 Å². The lowest BCUT2D eigenvalue weighted by Gasteiger charge is -2.10. The van der Waals surface area contributed by atoms with Crippen molar-refractivity contribution in [2.45, 2.75) is 0 Å². The molecule has 10 nitrogen and oxygen atoms in total. The highest BCUT2D eigenvalue weighted by Crippen LogP contribution is 2.23. The lowest BCUT2D eigenvalue weighted by atomic mass is 10.1. The number of carbonyl (C=O) groups is 1. The van der Waals surface area contributed by atoms with Crippen LogP contribution in [-0.4, -0.2) is 71.1 Å². The fourth-order valence-electron chi connectivity index (χ4n) is 3.25. The van der Waals surface area contributed by atoms with Gasteiger partial charge >= 0.3 is 0 Å². The molecule has 35 heavy (non-hydrogen) atoms. The van der Waals surface area contributed by atoms with E-state index in [0.29, 0.717) is 23.6 Å². The van der Waals surface area contributed by atoms with Crippen molar-refractivity contribution in [2.75, 3.05) is 39.7 Å². The lowest BCUT2D eigenvalue weighted by molar-refractivity contribution is -0.0000158. The van der Waals surface area contributed by atoms with Crippen molar-refractivity contribution >= 4 is 29.0 Å². The van der Waals surface area contributed by atoms with Crippen molar-refractivity contribution in [3.63, 3.8) is 0 Å². The normalized spacial score (nSPS) is 11.0. The molecule has 2 N–H and O–H groups in total. The highest BCUT2D eigenvalue weighted by atomic mass is 35.5. The molecule has 0 radical (unpaired) electrons. The second-order valence-electron chi connectivity index (χ2n) is 7.77. The maximum Gasteiger partial charge on any atom is 0.251 e. The molecular formula is C24H26ClN8O2-. The molecule has 0 atom stereocenters. The first-order valence-electron chi connectivity index (χ1n) is 10.7. The summed E-state index contributed by atoms with van der Waals surface area (Å²) in [6, 6.07) is 14.8. The predicted molar refractivity (Wildman–Crippen MR) is 132 cm³/mol. The smallest absolute Gasteiger partial charge is 0.251 e. The van der Waals surface area contributed by atoms with Gasteiger partial charge in [-0.1, -0.05) is 18.2 Å². The number of halogens is 1. The molecule has 1 amide bonds. The van der Waals surface area contributed by atoms with Crippen molar-refractivity contribution in [1.82, 2.24) is 30.0 Å². The number of ether oxygens (including phenoxy) is 1. The van der Waals surface area contributed by atoms with E-state index in [4.69, 9.17) is 4.74 Å². The summed E-state index contributed by atoms with van der Waals surface area (Å²) in [4.78, 5) is 22.9. The molecule has 0 aliphatic carbocycles. The average molecular weight is 494 g/mol. The summed E-state index contributed by atoms with van der Waals surface area (Å²) in [6.45, 7) is 1.39. The van der Waals surface area contributed by atoms with Crippen LogP contribution in [0.25, 0.3) is 16.7 Å². The fourth-order valence-corrected chi connectivity index (χ4v) is 3.25. The number of hydrogen-bond acceptors (Lipinski definition) is 8. The third-order valence-corrected chi connectivity index (χ3v) is 5.07. The van der Waals surface area contributed by atoms with Crippen LogP contribution in [0.2, 0.25) is 0 Å². The number of likely N-dealkylation sites (N-methyl/N-ethyl adjacent to an activating group) is 1. The zero-order valence-electron chi connectivity index (χ0n) is 19.6. The van der Waals surface area contributed by atoms with E-state index < -0.39 is 0 Å². The number of aromatic nitrogens is 4. The Morgan fingerprint density at radius 1 is 1.17 bits per heavy atom. The Bertz CT molecular complexity index is 1300. The number of carbonyl (C=O) groups excluding carboxylic acids is 1. The van der Waals surface area contributed by atoms with E-state index in [1.54, 1.807) is 36.3 Å². The third kappa shape index (κ3) is 6.31. The topological polar surface area (TPSA) is 110 Å². The maximum atomic E-state index is 12.2. The Labute approximate surface area is 209 Å². The van der Waals surface area contributed by atoms with Gasteiger partial charge in [-0.05, 0) is 43.9 Å². The van der Waals surface area contributed by atoms with Gasteiger partial charge in [-0.25, -0.2) is 14.6 Å². The van der Waals surface area contributed by atoms with Crippen LogP contribution < -0.4 is 27.9 Å². The van der Waals surface area contributed by atoms with E-state index in [2.05, 4.69) is 30.9 Å². The van der Waals surface area contributed by atoms with Gasteiger partial charge in [-0.2, -0.15) is 10.2 Å². The molecule has 182 valence electrons. The monoisotopic (exact) mass is 493 g/mol.